The molecule has 0 atom stereocenters. The Bertz CT molecular complexity index is 1250. The van der Waals surface area contributed by atoms with E-state index in [-0.39, 0.29) is 18.3 Å². The molecule has 1 amide bonds. The number of benzene rings is 2. The Labute approximate surface area is 200 Å². The first-order valence-corrected chi connectivity index (χ1v) is 12.6. The van der Waals surface area contributed by atoms with Crippen LogP contribution >= 0.6 is 23.1 Å². The molecule has 2 heterocycles. The van der Waals surface area contributed by atoms with Gasteiger partial charge in [0.2, 0.25) is 5.91 Å². The maximum atomic E-state index is 12.6. The number of thiazole rings is 1. The van der Waals surface area contributed by atoms with Gasteiger partial charge in [0.25, 0.3) is 0 Å². The van der Waals surface area contributed by atoms with Gasteiger partial charge in [-0.15, -0.1) is 21.5 Å². The summed E-state index contributed by atoms with van der Waals surface area (Å²) in [6.45, 7) is 2.28. The summed E-state index contributed by atoms with van der Waals surface area (Å²) < 4.78 is 7.95. The minimum atomic E-state index is -0.104. The van der Waals surface area contributed by atoms with Crippen molar-refractivity contribution in [2.75, 3.05) is 11.1 Å². The van der Waals surface area contributed by atoms with Crippen molar-refractivity contribution in [1.29, 1.82) is 0 Å². The van der Waals surface area contributed by atoms with Crippen molar-refractivity contribution in [3.63, 3.8) is 0 Å². The summed E-state index contributed by atoms with van der Waals surface area (Å²) in [5.41, 5.74) is 3.11. The number of nitrogens with zero attached hydrogens (tertiary/aromatic N) is 4. The van der Waals surface area contributed by atoms with E-state index in [9.17, 15) is 4.79 Å². The summed E-state index contributed by atoms with van der Waals surface area (Å²) in [7, 11) is 0. The Hall–Kier alpha value is -3.17. The molecule has 0 fully saturated rings. The smallest absolute Gasteiger partial charge is 0.236 e. The highest BCUT2D eigenvalue weighted by Gasteiger charge is 2.19. The summed E-state index contributed by atoms with van der Waals surface area (Å²) in [5, 5.41) is 13.0. The number of anilines is 1. The van der Waals surface area contributed by atoms with E-state index < -0.39 is 0 Å². The molecular formula is C24H23N5O2S2. The molecule has 0 radical (unpaired) electrons. The number of rotatable bonds is 8. The number of thioether (sulfide) groups is 1. The number of ether oxygens (including phenoxy) is 1. The fraction of sp³-hybridized carbons (Fsp3) is 0.250. The molecule has 5 rings (SSSR count). The fourth-order valence-corrected chi connectivity index (χ4v) is 5.55. The minimum absolute atomic E-state index is 0.104. The Balaban J connectivity index is 1.30. The zero-order chi connectivity index (χ0) is 22.6. The van der Waals surface area contributed by atoms with Gasteiger partial charge >= 0.3 is 0 Å². The standard InChI is InChI=1S/C24H23N5O2S2/c1-16-8-5-6-12-19(16)31-14-21-27-28-24(29(21)17-9-3-2-4-10-17)32-15-22(30)26-23-25-18-11-7-13-20(18)33-23/h2-6,8-10,12H,7,11,13-15H2,1H3,(H,25,26,30). The van der Waals surface area contributed by atoms with Gasteiger partial charge in [-0.05, 0) is 49.9 Å². The largest absolute Gasteiger partial charge is 0.485 e. The first-order valence-electron chi connectivity index (χ1n) is 10.8. The molecule has 0 saturated heterocycles. The average Bonchev–Trinajstić information content (AvgIpc) is 3.53. The zero-order valence-corrected chi connectivity index (χ0v) is 19.8. The third-order valence-corrected chi connectivity index (χ3v) is 7.34. The van der Waals surface area contributed by atoms with Crippen LogP contribution in [0.2, 0.25) is 0 Å². The summed E-state index contributed by atoms with van der Waals surface area (Å²) >= 11 is 2.92. The predicted molar refractivity (Wildman–Crippen MR) is 130 cm³/mol. The maximum absolute atomic E-state index is 12.6. The molecule has 0 unspecified atom stereocenters. The molecule has 0 bridgehead atoms. The summed E-state index contributed by atoms with van der Waals surface area (Å²) in [4.78, 5) is 18.4. The molecule has 4 aromatic rings. The third-order valence-electron chi connectivity index (χ3n) is 5.34. The number of hydrogen-bond donors (Lipinski definition) is 1. The third kappa shape index (κ3) is 4.94. The van der Waals surface area contributed by atoms with E-state index in [1.165, 1.54) is 16.6 Å². The second-order valence-corrected chi connectivity index (χ2v) is 9.73. The van der Waals surface area contributed by atoms with Crippen molar-refractivity contribution in [3.05, 3.63) is 76.6 Å². The summed E-state index contributed by atoms with van der Waals surface area (Å²) in [6, 6.07) is 17.7. The van der Waals surface area contributed by atoms with Crippen LogP contribution in [0.25, 0.3) is 5.69 Å². The molecule has 2 aromatic carbocycles. The van der Waals surface area contributed by atoms with Crippen LogP contribution in [0.3, 0.4) is 0 Å². The van der Waals surface area contributed by atoms with Crippen LogP contribution in [0.15, 0.2) is 59.8 Å². The first kappa shape index (κ1) is 21.7. The van der Waals surface area contributed by atoms with Crippen molar-refractivity contribution >= 4 is 34.1 Å². The van der Waals surface area contributed by atoms with E-state index in [0.717, 1.165) is 42.0 Å². The summed E-state index contributed by atoms with van der Waals surface area (Å²) in [5.74, 6) is 1.59. The molecule has 168 valence electrons. The Morgan fingerprint density at radius 3 is 2.76 bits per heavy atom. The van der Waals surface area contributed by atoms with Gasteiger partial charge in [-0.3, -0.25) is 9.36 Å². The van der Waals surface area contributed by atoms with Crippen molar-refractivity contribution in [1.82, 2.24) is 19.7 Å². The van der Waals surface area contributed by atoms with Gasteiger partial charge < -0.3 is 10.1 Å². The minimum Gasteiger partial charge on any atom is -0.485 e. The molecule has 0 aliphatic heterocycles. The Morgan fingerprint density at radius 2 is 1.94 bits per heavy atom. The molecule has 0 saturated carbocycles. The molecule has 1 aliphatic rings. The van der Waals surface area contributed by atoms with Gasteiger partial charge in [-0.1, -0.05) is 48.2 Å². The van der Waals surface area contributed by atoms with Crippen LogP contribution in [0, 0.1) is 6.92 Å². The Morgan fingerprint density at radius 1 is 1.12 bits per heavy atom. The number of aryl methyl sites for hydroxylation is 3. The number of carbonyl (C=O) groups is 1. The zero-order valence-electron chi connectivity index (χ0n) is 18.2. The second-order valence-electron chi connectivity index (χ2n) is 7.70. The molecule has 7 nitrogen and oxygen atoms in total. The van der Waals surface area contributed by atoms with Crippen molar-refractivity contribution in [3.8, 4) is 11.4 Å². The predicted octanol–water partition coefficient (Wildman–Crippen LogP) is 4.83. The topological polar surface area (TPSA) is 81.9 Å². The van der Waals surface area contributed by atoms with Crippen molar-refractivity contribution in [2.24, 2.45) is 0 Å². The van der Waals surface area contributed by atoms with Crippen LogP contribution < -0.4 is 10.1 Å². The van der Waals surface area contributed by atoms with E-state index in [1.807, 2.05) is 66.1 Å². The van der Waals surface area contributed by atoms with E-state index in [2.05, 4.69) is 20.5 Å². The van der Waals surface area contributed by atoms with Crippen LogP contribution in [0.1, 0.15) is 28.4 Å². The lowest BCUT2D eigenvalue weighted by atomic mass is 10.2. The number of carbonyl (C=O) groups excluding carboxylic acids is 1. The maximum Gasteiger partial charge on any atom is 0.236 e. The lowest BCUT2D eigenvalue weighted by Crippen LogP contribution is -2.14. The highest BCUT2D eigenvalue weighted by atomic mass is 32.2. The number of para-hydroxylation sites is 2. The molecule has 1 aliphatic carbocycles. The van der Waals surface area contributed by atoms with Gasteiger partial charge in [-0.25, -0.2) is 4.98 Å². The van der Waals surface area contributed by atoms with Gasteiger partial charge in [0, 0.05) is 10.6 Å². The van der Waals surface area contributed by atoms with E-state index in [1.54, 1.807) is 11.3 Å². The van der Waals surface area contributed by atoms with Gasteiger partial charge in [0.15, 0.2) is 16.1 Å². The number of amides is 1. The van der Waals surface area contributed by atoms with Crippen LogP contribution in [0.5, 0.6) is 5.75 Å². The van der Waals surface area contributed by atoms with E-state index in [4.69, 9.17) is 4.74 Å². The highest BCUT2D eigenvalue weighted by Crippen LogP contribution is 2.31. The van der Waals surface area contributed by atoms with E-state index in [0.29, 0.717) is 16.1 Å². The lowest BCUT2D eigenvalue weighted by molar-refractivity contribution is -0.113. The van der Waals surface area contributed by atoms with Crippen LogP contribution in [-0.4, -0.2) is 31.4 Å². The number of nitrogens with one attached hydrogen (secondary N) is 1. The molecular weight excluding hydrogens is 454 g/mol. The van der Waals surface area contributed by atoms with Crippen molar-refractivity contribution < 1.29 is 9.53 Å². The van der Waals surface area contributed by atoms with Crippen molar-refractivity contribution in [2.45, 2.75) is 37.9 Å². The SMILES string of the molecule is Cc1ccccc1OCc1nnc(SCC(=O)Nc2nc3c(s2)CCC3)n1-c1ccccc1. The first-order chi connectivity index (χ1) is 16.2. The number of aromatic nitrogens is 4. The normalized spacial score (nSPS) is 12.5. The van der Waals surface area contributed by atoms with Gasteiger partial charge in [0.1, 0.15) is 12.4 Å². The quantitative estimate of drug-likeness (QED) is 0.366. The molecule has 9 heteroatoms. The molecule has 1 N–H and O–H groups in total. The van der Waals surface area contributed by atoms with Gasteiger partial charge in [0.05, 0.1) is 11.4 Å². The van der Waals surface area contributed by atoms with Crippen LogP contribution in [-0.2, 0) is 24.2 Å². The second kappa shape index (κ2) is 9.76. The monoisotopic (exact) mass is 477 g/mol. The lowest BCUT2D eigenvalue weighted by Gasteiger charge is -2.12. The number of fused-ring (bicyclic) bond motifs is 1. The molecule has 33 heavy (non-hydrogen) atoms. The molecule has 0 spiro atoms. The van der Waals surface area contributed by atoms with E-state index >= 15 is 0 Å². The van der Waals surface area contributed by atoms with Crippen LogP contribution in [0.4, 0.5) is 5.13 Å². The fourth-order valence-electron chi connectivity index (χ4n) is 3.71. The number of hydrogen-bond acceptors (Lipinski definition) is 7. The highest BCUT2D eigenvalue weighted by molar-refractivity contribution is 7.99. The average molecular weight is 478 g/mol. The summed E-state index contributed by atoms with van der Waals surface area (Å²) in [6.07, 6.45) is 3.22. The molecule has 2 aromatic heterocycles. The Kier molecular flexibility index (Phi) is 6.41. The van der Waals surface area contributed by atoms with Gasteiger partial charge in [-0.2, -0.15) is 0 Å².